The second-order valence-electron chi connectivity index (χ2n) is 29.0. The summed E-state index contributed by atoms with van der Waals surface area (Å²) in [6.45, 7) is -1.06. The number of nitrogens with zero attached hydrogens (tertiary/aromatic N) is 4. The molecule has 6 aliphatic carbocycles. The molecule has 2 heterocycles. The zero-order chi connectivity index (χ0) is 79.8. The first-order valence-electron chi connectivity index (χ1n) is 35.2. The summed E-state index contributed by atoms with van der Waals surface area (Å²) >= 11 is 0. The fourth-order valence-corrected chi connectivity index (χ4v) is 16.4. The van der Waals surface area contributed by atoms with Gasteiger partial charge in [-0.1, -0.05) is 31.4 Å². The summed E-state index contributed by atoms with van der Waals surface area (Å²) in [5.74, 6) is -21.9. The highest BCUT2D eigenvalue weighted by Crippen LogP contribution is 2.56. The number of primary amides is 2. The van der Waals surface area contributed by atoms with Crippen LogP contribution < -0.4 is 51.1 Å². The number of aliphatic hydroxyl groups excluding tert-OH is 4. The second kappa shape index (κ2) is 29.9. The lowest BCUT2D eigenvalue weighted by molar-refractivity contribution is -0.152. The van der Waals surface area contributed by atoms with E-state index in [9.17, 15) is 88.2 Å². The maximum Gasteiger partial charge on any atom is 0.379 e. The number of anilines is 2. The fraction of sp³-hybridized carbons (Fsp3) is 0.385. The lowest BCUT2D eigenvalue weighted by Gasteiger charge is -2.50. The minimum atomic E-state index is -2.90. The molecule has 0 bridgehead atoms. The number of aliphatic hydroxyl groups is 6. The monoisotopic (exact) mass is 1520 g/mol. The van der Waals surface area contributed by atoms with Crippen LogP contribution in [0.15, 0.2) is 137 Å². The van der Waals surface area contributed by atoms with Crippen molar-refractivity contribution in [3.8, 4) is 23.0 Å². The number of rotatable bonds is 25. The van der Waals surface area contributed by atoms with Crippen LogP contribution in [-0.2, 0) is 46.3 Å². The van der Waals surface area contributed by atoms with Crippen LogP contribution in [-0.4, -0.2) is 203 Å². The molecule has 6 aliphatic rings. The molecular weight excluding hydrogens is 1440 g/mol. The maximum absolute atomic E-state index is 14.9. The van der Waals surface area contributed by atoms with Crippen molar-refractivity contribution in [3.05, 3.63) is 172 Å². The molecule has 12 rings (SSSR count). The first-order chi connectivity index (χ1) is 52.0. The summed E-state index contributed by atoms with van der Waals surface area (Å²) in [7, 11) is 12.8. The van der Waals surface area contributed by atoms with E-state index in [1.165, 1.54) is 86.5 Å². The maximum atomic E-state index is 14.9. The van der Waals surface area contributed by atoms with Crippen LogP contribution in [0, 0.1) is 23.7 Å². The third-order valence-corrected chi connectivity index (χ3v) is 21.3. The van der Waals surface area contributed by atoms with Crippen molar-refractivity contribution in [2.45, 2.75) is 100 Å². The smallest absolute Gasteiger partial charge is 0.379 e. The number of amides is 2. The number of ketones is 4. The van der Waals surface area contributed by atoms with Crippen molar-refractivity contribution in [3.63, 3.8) is 0 Å². The van der Waals surface area contributed by atoms with Gasteiger partial charge in [-0.05, 0) is 138 Å². The highest BCUT2D eigenvalue weighted by molar-refractivity contribution is 6.26. The number of unbranched alkanes of at least 4 members (excludes halogenated alkanes) is 4. The second-order valence-corrected chi connectivity index (χ2v) is 29.0. The molecule has 11 N–H and O–H groups in total. The molecule has 0 spiro atoms. The van der Waals surface area contributed by atoms with Crippen molar-refractivity contribution in [1.82, 2.24) is 9.80 Å². The van der Waals surface area contributed by atoms with Gasteiger partial charge >= 0.3 is 23.9 Å². The van der Waals surface area contributed by atoms with Crippen molar-refractivity contribution >= 4 is 92.1 Å². The van der Waals surface area contributed by atoms with Crippen LogP contribution >= 0.6 is 0 Å². The summed E-state index contributed by atoms with van der Waals surface area (Å²) in [6, 6.07) is 13.2. The van der Waals surface area contributed by atoms with Gasteiger partial charge in [0, 0.05) is 87.5 Å². The standard InChI is InChI=1S/C78H80N6O26/c1-81(2)41-22-24-49(57-37(41)26-34-28-39-63(83(5)6)67(92)61(73(79)98)71(96)77(39,102)69(94)55(34)65(57)90)109-75(100)51-30-43(85)59-45(16-14-18-47(59)107-51)104-32-36(106-54(89)21-13-11-9-10-12-20-53(87)88)33-105-46-17-15-19-48-60(46)44(86)31-52(108-48)76(101)110-50-25-23-42(82(3)4)38-27-35-29-40-64(84(7)8)68(93)62(74(80)99)72(97)78(40,103)70(95)56(35)66(91)58(38)50/h14-19,22-25,30-31,34-36,39-40,63-64,92-95,102-103H,9-13,20-21,26-29,32-33H2,1-8H3,(H2,79,98)(H2,80,99)(H,87,88). The van der Waals surface area contributed by atoms with Crippen LogP contribution in [0.4, 0.5) is 11.4 Å². The first-order valence-corrected chi connectivity index (χ1v) is 35.2. The average molecular weight is 1520 g/mol. The van der Waals surface area contributed by atoms with Gasteiger partial charge in [0.15, 0.2) is 39.7 Å². The van der Waals surface area contributed by atoms with Crippen molar-refractivity contribution < 1.29 is 116 Å². The molecule has 8 unspecified atom stereocenters. The van der Waals surface area contributed by atoms with E-state index in [2.05, 4.69) is 0 Å². The van der Waals surface area contributed by atoms with E-state index in [4.69, 9.17) is 49.1 Å². The number of nitrogens with two attached hydrogens (primary N) is 2. The third kappa shape index (κ3) is 13.4. The average Bonchev–Trinajstić information content (AvgIpc) is 0.702. The predicted octanol–water partition coefficient (Wildman–Crippen LogP) is 5.11. The number of benzene rings is 4. The van der Waals surface area contributed by atoms with Gasteiger partial charge in [0.25, 0.3) is 11.8 Å². The number of hydrogen-bond acceptors (Lipinski definition) is 29. The van der Waals surface area contributed by atoms with Crippen LogP contribution in [0.5, 0.6) is 23.0 Å². The summed E-state index contributed by atoms with van der Waals surface area (Å²) in [5.41, 5.74) is 1.58. The highest BCUT2D eigenvalue weighted by Gasteiger charge is 2.65. The van der Waals surface area contributed by atoms with E-state index in [0.29, 0.717) is 54.6 Å². The van der Waals surface area contributed by atoms with Crippen LogP contribution in [0.2, 0.25) is 0 Å². The number of allylic oxidation sites excluding steroid dienone is 2. The number of carboxylic acids is 1. The number of carbonyl (C=O) groups is 10. The number of carboxylic acid groups (broad SMARTS) is 1. The molecule has 6 aromatic rings. The zero-order valence-corrected chi connectivity index (χ0v) is 61.0. The summed E-state index contributed by atoms with van der Waals surface area (Å²) in [4.78, 5) is 171. The van der Waals surface area contributed by atoms with Gasteiger partial charge in [-0.25, -0.2) is 9.59 Å². The number of fused-ring (bicyclic) bond motifs is 8. The van der Waals surface area contributed by atoms with Crippen LogP contribution in [0.3, 0.4) is 0 Å². The first kappa shape index (κ1) is 77.6. The quantitative estimate of drug-likeness (QED) is 0.0155. The molecule has 32 nitrogen and oxygen atoms in total. The molecule has 0 saturated heterocycles. The number of aliphatic carboxylic acids is 1. The summed E-state index contributed by atoms with van der Waals surface area (Å²) < 4.78 is 41.9. The fourth-order valence-electron chi connectivity index (χ4n) is 16.4. The van der Waals surface area contributed by atoms with Gasteiger partial charge in [-0.15, -0.1) is 0 Å². The van der Waals surface area contributed by atoms with E-state index >= 15 is 0 Å². The topological polar surface area (TPSA) is 484 Å². The van der Waals surface area contributed by atoms with Gasteiger partial charge in [-0.2, -0.15) is 0 Å². The number of Topliss-reactive ketones (excluding diaryl/α,β-unsaturated/α-hetero) is 4. The van der Waals surface area contributed by atoms with E-state index in [1.807, 2.05) is 0 Å². The molecule has 32 heteroatoms. The van der Waals surface area contributed by atoms with E-state index in [-0.39, 0.29) is 94.6 Å². The lowest BCUT2D eigenvalue weighted by atomic mass is 9.58. The normalized spacial score (nSPS) is 22.4. The van der Waals surface area contributed by atoms with Crippen molar-refractivity contribution in [2.75, 3.05) is 79.4 Å². The van der Waals surface area contributed by atoms with Gasteiger partial charge in [0.1, 0.15) is 92.3 Å². The van der Waals surface area contributed by atoms with Crippen LogP contribution in [0.25, 0.3) is 21.9 Å². The van der Waals surface area contributed by atoms with Crippen molar-refractivity contribution in [2.24, 2.45) is 35.1 Å². The Labute approximate surface area is 625 Å². The Morgan fingerprint density at radius 3 is 1.30 bits per heavy atom. The summed E-state index contributed by atoms with van der Waals surface area (Å²) in [6.07, 6.45) is 0.767. The number of esters is 3. The number of carbonyl (C=O) groups excluding carboxylic acids is 9. The molecule has 8 atom stereocenters. The van der Waals surface area contributed by atoms with Gasteiger partial charge in [0.2, 0.25) is 23.1 Å². The minimum absolute atomic E-state index is 0.0109. The SMILES string of the molecule is CN(C)c1ccc(OC(=O)c2cc(=O)c3c(OCC(COc4cccc5oc(C(=O)Oc6ccc(N(C)C)c7c6C(=O)C6=C(O)C8(O)C(=O)C(C(N)=O)=C(O)C(N(C)C)C8CC6C7)cc(=O)c45)OC(=O)CCCCCCCC(=O)O)cccc3o2)c2c1CC1CC3C(N(C)C)C(O)=C(C(N)=O)C(=O)C3(O)C(O)=C1C2=O. The molecule has 0 fully saturated rings. The Bertz CT molecular complexity index is 4930. The molecule has 4 aromatic carbocycles. The molecule has 110 heavy (non-hydrogen) atoms. The molecule has 2 amide bonds. The Morgan fingerprint density at radius 1 is 0.536 bits per heavy atom. The van der Waals surface area contributed by atoms with Crippen molar-refractivity contribution in [1.29, 1.82) is 0 Å². The van der Waals surface area contributed by atoms with E-state index in [0.717, 1.165) is 12.1 Å². The lowest BCUT2D eigenvalue weighted by Crippen LogP contribution is -2.63. The third-order valence-electron chi connectivity index (χ3n) is 21.3. The predicted molar refractivity (Wildman–Crippen MR) is 388 cm³/mol. The largest absolute Gasteiger partial charge is 0.510 e. The highest BCUT2D eigenvalue weighted by atomic mass is 16.6. The molecule has 2 aromatic heterocycles. The van der Waals surface area contributed by atoms with Gasteiger partial charge in [-0.3, -0.25) is 57.7 Å². The van der Waals surface area contributed by atoms with Gasteiger partial charge in [0.05, 0.1) is 23.2 Å². The summed E-state index contributed by atoms with van der Waals surface area (Å²) in [5, 5.41) is 79.5. The van der Waals surface area contributed by atoms with E-state index in [1.54, 1.807) is 50.1 Å². The molecule has 578 valence electrons. The minimum Gasteiger partial charge on any atom is -0.510 e. The Kier molecular flexibility index (Phi) is 21.1. The van der Waals surface area contributed by atoms with Gasteiger partial charge < -0.3 is 89.5 Å². The zero-order valence-electron chi connectivity index (χ0n) is 61.0. The van der Waals surface area contributed by atoms with E-state index < -0.39 is 193 Å². The van der Waals surface area contributed by atoms with Crippen LogP contribution in [0.1, 0.15) is 111 Å². The number of ether oxygens (including phenoxy) is 5. The molecular formula is C78H80N6O26. The number of likely N-dealkylation sites (N-methyl/N-ethyl adjacent to an activating group) is 2. The molecule has 0 radical (unpaired) electrons. The Morgan fingerprint density at radius 2 is 0.927 bits per heavy atom. The Balaban J connectivity index is 0.791. The molecule has 0 saturated carbocycles. The molecule has 0 aliphatic heterocycles. The number of hydrogen-bond donors (Lipinski definition) is 9. The Hall–Kier alpha value is -12.0.